The van der Waals surface area contributed by atoms with Crippen LogP contribution in [-0.4, -0.2) is 18.3 Å². The Morgan fingerprint density at radius 2 is 1.74 bits per heavy atom. The summed E-state index contributed by atoms with van der Waals surface area (Å²) >= 11 is 1.87. The van der Waals surface area contributed by atoms with Crippen LogP contribution in [-0.2, 0) is 0 Å². The molecule has 0 atom stereocenters. The zero-order valence-electron chi connectivity index (χ0n) is 12.6. The van der Waals surface area contributed by atoms with Crippen molar-refractivity contribution in [3.05, 3.63) is 66.7 Å². The van der Waals surface area contributed by atoms with Gasteiger partial charge in [0.15, 0.2) is 0 Å². The quantitative estimate of drug-likeness (QED) is 0.534. The average molecular weight is 319 g/mol. The SMILES string of the molecule is NC(=Nc1cccc2ccccc12)N1CCSc2ccccc21. The second-order valence-corrected chi connectivity index (χ2v) is 6.57. The first-order valence-corrected chi connectivity index (χ1v) is 8.63. The molecule has 4 heteroatoms. The maximum Gasteiger partial charge on any atom is 0.201 e. The minimum absolute atomic E-state index is 0.550. The molecule has 0 unspecified atom stereocenters. The van der Waals surface area contributed by atoms with E-state index < -0.39 is 0 Å². The molecule has 1 heterocycles. The highest BCUT2D eigenvalue weighted by Gasteiger charge is 2.19. The third kappa shape index (κ3) is 2.66. The molecule has 3 aromatic rings. The molecule has 2 N–H and O–H groups in total. The predicted molar refractivity (Wildman–Crippen MR) is 99.7 cm³/mol. The lowest BCUT2D eigenvalue weighted by molar-refractivity contribution is 1.01. The molecule has 3 nitrogen and oxygen atoms in total. The van der Waals surface area contributed by atoms with Crippen molar-refractivity contribution in [3.63, 3.8) is 0 Å². The first kappa shape index (κ1) is 14.2. The zero-order valence-corrected chi connectivity index (χ0v) is 13.5. The molecule has 0 aromatic heterocycles. The number of guanidine groups is 1. The molecule has 23 heavy (non-hydrogen) atoms. The highest BCUT2D eigenvalue weighted by atomic mass is 32.2. The van der Waals surface area contributed by atoms with Gasteiger partial charge in [0.1, 0.15) is 0 Å². The Labute approximate surface area is 139 Å². The van der Waals surface area contributed by atoms with Gasteiger partial charge in [0.25, 0.3) is 0 Å². The van der Waals surface area contributed by atoms with E-state index in [9.17, 15) is 0 Å². The smallest absolute Gasteiger partial charge is 0.201 e. The van der Waals surface area contributed by atoms with E-state index in [1.165, 1.54) is 10.3 Å². The van der Waals surface area contributed by atoms with Gasteiger partial charge in [-0.25, -0.2) is 4.99 Å². The summed E-state index contributed by atoms with van der Waals surface area (Å²) in [4.78, 5) is 8.08. The van der Waals surface area contributed by atoms with Crippen molar-refractivity contribution in [2.24, 2.45) is 10.7 Å². The van der Waals surface area contributed by atoms with Gasteiger partial charge in [-0.3, -0.25) is 0 Å². The number of rotatable bonds is 1. The maximum atomic E-state index is 6.35. The van der Waals surface area contributed by atoms with Crippen LogP contribution in [0, 0.1) is 0 Å². The van der Waals surface area contributed by atoms with E-state index >= 15 is 0 Å². The number of nitrogens with zero attached hydrogens (tertiary/aromatic N) is 2. The summed E-state index contributed by atoms with van der Waals surface area (Å²) in [6.45, 7) is 0.877. The Hall–Kier alpha value is -2.46. The van der Waals surface area contributed by atoms with Crippen LogP contribution >= 0.6 is 11.8 Å². The summed E-state index contributed by atoms with van der Waals surface area (Å²) in [5.41, 5.74) is 8.41. The predicted octanol–water partition coefficient (Wildman–Crippen LogP) is 4.40. The van der Waals surface area contributed by atoms with Crippen molar-refractivity contribution in [1.29, 1.82) is 0 Å². The first-order valence-electron chi connectivity index (χ1n) is 7.64. The summed E-state index contributed by atoms with van der Waals surface area (Å²) in [5, 5.41) is 2.30. The third-order valence-electron chi connectivity index (χ3n) is 4.01. The van der Waals surface area contributed by atoms with E-state index in [1.54, 1.807) is 0 Å². The van der Waals surface area contributed by atoms with E-state index in [1.807, 2.05) is 42.1 Å². The topological polar surface area (TPSA) is 41.6 Å². The summed E-state index contributed by atoms with van der Waals surface area (Å²) in [6.07, 6.45) is 0. The van der Waals surface area contributed by atoms with Crippen molar-refractivity contribution in [1.82, 2.24) is 0 Å². The number of aliphatic imine (C=N–C) groups is 1. The van der Waals surface area contributed by atoms with Crippen molar-refractivity contribution in [2.75, 3.05) is 17.2 Å². The molecule has 0 saturated carbocycles. The zero-order chi connectivity index (χ0) is 15.6. The van der Waals surface area contributed by atoms with Gasteiger partial charge < -0.3 is 10.6 Å². The third-order valence-corrected chi connectivity index (χ3v) is 5.05. The summed E-state index contributed by atoms with van der Waals surface area (Å²) in [7, 11) is 0. The van der Waals surface area contributed by atoms with Gasteiger partial charge in [0, 0.05) is 22.6 Å². The van der Waals surface area contributed by atoms with Crippen LogP contribution in [0.15, 0.2) is 76.6 Å². The number of thioether (sulfide) groups is 1. The second-order valence-electron chi connectivity index (χ2n) is 5.44. The molecular formula is C19H17N3S. The Morgan fingerprint density at radius 1 is 0.957 bits per heavy atom. The Balaban J connectivity index is 1.77. The highest BCUT2D eigenvalue weighted by molar-refractivity contribution is 7.99. The standard InChI is InChI=1S/C19H17N3S/c20-19(22-12-13-23-18-11-4-3-10-17(18)22)21-16-9-5-7-14-6-1-2-8-15(14)16/h1-11H,12-13H2,(H2,20,21). The fourth-order valence-electron chi connectivity index (χ4n) is 2.90. The van der Waals surface area contributed by atoms with Gasteiger partial charge >= 0.3 is 0 Å². The average Bonchev–Trinajstić information content (AvgIpc) is 2.61. The first-order chi connectivity index (χ1) is 11.3. The van der Waals surface area contributed by atoms with Crippen LogP contribution in [0.4, 0.5) is 11.4 Å². The van der Waals surface area contributed by atoms with E-state index in [0.717, 1.165) is 29.1 Å². The number of hydrogen-bond acceptors (Lipinski definition) is 2. The van der Waals surface area contributed by atoms with E-state index in [2.05, 4.69) is 41.3 Å². The molecule has 0 aliphatic carbocycles. The molecule has 0 radical (unpaired) electrons. The van der Waals surface area contributed by atoms with E-state index in [4.69, 9.17) is 10.7 Å². The monoisotopic (exact) mass is 319 g/mol. The molecule has 0 spiro atoms. The molecule has 114 valence electrons. The van der Waals surface area contributed by atoms with Crippen molar-refractivity contribution < 1.29 is 0 Å². The largest absolute Gasteiger partial charge is 0.369 e. The molecule has 3 aromatic carbocycles. The molecule has 0 saturated heterocycles. The minimum atomic E-state index is 0.550. The van der Waals surface area contributed by atoms with Crippen LogP contribution in [0.1, 0.15) is 0 Å². The lowest BCUT2D eigenvalue weighted by atomic mass is 10.1. The number of benzene rings is 3. The molecule has 4 rings (SSSR count). The Morgan fingerprint density at radius 3 is 2.70 bits per heavy atom. The van der Waals surface area contributed by atoms with E-state index in [0.29, 0.717) is 5.96 Å². The molecule has 0 amide bonds. The second kappa shape index (κ2) is 5.97. The number of para-hydroxylation sites is 1. The fourth-order valence-corrected chi connectivity index (χ4v) is 3.89. The van der Waals surface area contributed by atoms with Crippen LogP contribution in [0.2, 0.25) is 0 Å². The van der Waals surface area contributed by atoms with Crippen LogP contribution < -0.4 is 10.6 Å². The summed E-state index contributed by atoms with van der Waals surface area (Å²) < 4.78 is 0. The van der Waals surface area contributed by atoms with E-state index in [-0.39, 0.29) is 0 Å². The number of fused-ring (bicyclic) bond motifs is 2. The van der Waals surface area contributed by atoms with Crippen LogP contribution in [0.25, 0.3) is 10.8 Å². The number of hydrogen-bond donors (Lipinski definition) is 1. The van der Waals surface area contributed by atoms with Gasteiger partial charge in [0.2, 0.25) is 5.96 Å². The highest BCUT2D eigenvalue weighted by Crippen LogP contribution is 2.34. The van der Waals surface area contributed by atoms with Gasteiger partial charge in [-0.1, -0.05) is 48.5 Å². The van der Waals surface area contributed by atoms with Gasteiger partial charge in [-0.05, 0) is 23.6 Å². The van der Waals surface area contributed by atoms with Crippen molar-refractivity contribution in [3.8, 4) is 0 Å². The normalized spacial score (nSPS) is 14.8. The van der Waals surface area contributed by atoms with Gasteiger partial charge in [-0.2, -0.15) is 0 Å². The molecule has 1 aliphatic rings. The molecule has 1 aliphatic heterocycles. The Kier molecular flexibility index (Phi) is 3.67. The van der Waals surface area contributed by atoms with Crippen molar-refractivity contribution >= 4 is 39.9 Å². The molecular weight excluding hydrogens is 302 g/mol. The summed E-state index contributed by atoms with van der Waals surface area (Å²) in [6, 6.07) is 22.7. The fraction of sp³-hybridized carbons (Fsp3) is 0.105. The van der Waals surface area contributed by atoms with Crippen molar-refractivity contribution in [2.45, 2.75) is 4.90 Å². The Bertz CT molecular complexity index is 883. The molecule has 0 bridgehead atoms. The lowest BCUT2D eigenvalue weighted by Gasteiger charge is -2.29. The van der Waals surface area contributed by atoms with Gasteiger partial charge in [0.05, 0.1) is 11.4 Å². The number of anilines is 1. The minimum Gasteiger partial charge on any atom is -0.369 e. The molecule has 0 fully saturated rings. The van der Waals surface area contributed by atoms with Crippen LogP contribution in [0.5, 0.6) is 0 Å². The number of nitrogens with two attached hydrogens (primary N) is 1. The van der Waals surface area contributed by atoms with Crippen LogP contribution in [0.3, 0.4) is 0 Å². The summed E-state index contributed by atoms with van der Waals surface area (Å²) in [5.74, 6) is 1.57. The maximum absolute atomic E-state index is 6.35. The lowest BCUT2D eigenvalue weighted by Crippen LogP contribution is -2.40. The van der Waals surface area contributed by atoms with Gasteiger partial charge in [-0.15, -0.1) is 11.8 Å².